The quantitative estimate of drug-likeness (QED) is 0.331. The van der Waals surface area contributed by atoms with Crippen LogP contribution in [-0.2, 0) is 19.1 Å². The Hall–Kier alpha value is -1.06. The summed E-state index contributed by atoms with van der Waals surface area (Å²) in [6, 6.07) is 0. The standard InChI is InChI=1S/C19H36O4/c1-5-15-22-18(20)13-11-9-7-8-10-12-14-19(21)23-17(6-2)16(3)4/h16-17H,5-15H2,1-4H3. The van der Waals surface area contributed by atoms with Gasteiger partial charge in [-0.15, -0.1) is 0 Å². The Morgan fingerprint density at radius 3 is 1.83 bits per heavy atom. The molecule has 0 aliphatic heterocycles. The molecule has 0 bridgehead atoms. The van der Waals surface area contributed by atoms with E-state index in [9.17, 15) is 9.59 Å². The molecule has 0 radical (unpaired) electrons. The van der Waals surface area contributed by atoms with Crippen LogP contribution in [0.5, 0.6) is 0 Å². The van der Waals surface area contributed by atoms with E-state index in [0.29, 0.717) is 25.4 Å². The second-order valence-corrected chi connectivity index (χ2v) is 6.52. The molecule has 136 valence electrons. The topological polar surface area (TPSA) is 52.6 Å². The van der Waals surface area contributed by atoms with E-state index in [1.807, 2.05) is 6.92 Å². The Morgan fingerprint density at radius 2 is 1.35 bits per heavy atom. The molecule has 0 aliphatic carbocycles. The Balaban J connectivity index is 3.45. The third-order valence-corrected chi connectivity index (χ3v) is 3.91. The van der Waals surface area contributed by atoms with Crippen LogP contribution in [0.15, 0.2) is 0 Å². The van der Waals surface area contributed by atoms with Crippen molar-refractivity contribution in [3.05, 3.63) is 0 Å². The third kappa shape index (κ3) is 13.1. The summed E-state index contributed by atoms with van der Waals surface area (Å²) < 4.78 is 10.5. The number of carbonyl (C=O) groups excluding carboxylic acids is 2. The van der Waals surface area contributed by atoms with Gasteiger partial charge in [0, 0.05) is 12.8 Å². The van der Waals surface area contributed by atoms with Crippen molar-refractivity contribution >= 4 is 11.9 Å². The first-order valence-corrected chi connectivity index (χ1v) is 9.36. The molecule has 0 fully saturated rings. The van der Waals surface area contributed by atoms with Gasteiger partial charge in [-0.2, -0.15) is 0 Å². The maximum atomic E-state index is 11.7. The first kappa shape index (κ1) is 21.9. The molecule has 0 saturated heterocycles. The van der Waals surface area contributed by atoms with Crippen molar-refractivity contribution in [2.24, 2.45) is 5.92 Å². The molecule has 0 aliphatic rings. The van der Waals surface area contributed by atoms with Gasteiger partial charge in [0.05, 0.1) is 6.61 Å². The summed E-state index contributed by atoms with van der Waals surface area (Å²) in [4.78, 5) is 23.0. The summed E-state index contributed by atoms with van der Waals surface area (Å²) >= 11 is 0. The van der Waals surface area contributed by atoms with E-state index >= 15 is 0 Å². The van der Waals surface area contributed by atoms with Gasteiger partial charge in [0.2, 0.25) is 0 Å². The molecule has 1 atom stereocenters. The maximum absolute atomic E-state index is 11.7. The molecule has 4 nitrogen and oxygen atoms in total. The first-order valence-electron chi connectivity index (χ1n) is 9.36. The number of hydrogen-bond donors (Lipinski definition) is 0. The van der Waals surface area contributed by atoms with Crippen LogP contribution in [0, 0.1) is 5.92 Å². The van der Waals surface area contributed by atoms with Gasteiger partial charge in [-0.1, -0.05) is 53.4 Å². The lowest BCUT2D eigenvalue weighted by molar-refractivity contribution is -0.151. The van der Waals surface area contributed by atoms with Crippen molar-refractivity contribution in [2.45, 2.75) is 98.0 Å². The number of esters is 2. The van der Waals surface area contributed by atoms with Crippen LogP contribution < -0.4 is 0 Å². The van der Waals surface area contributed by atoms with E-state index in [0.717, 1.165) is 51.4 Å². The zero-order chi connectivity index (χ0) is 17.5. The molecule has 0 N–H and O–H groups in total. The Labute approximate surface area is 142 Å². The average Bonchev–Trinajstić information content (AvgIpc) is 2.52. The fourth-order valence-corrected chi connectivity index (χ4v) is 2.45. The van der Waals surface area contributed by atoms with E-state index in [4.69, 9.17) is 9.47 Å². The summed E-state index contributed by atoms with van der Waals surface area (Å²) in [6.07, 6.45) is 8.97. The van der Waals surface area contributed by atoms with Crippen molar-refractivity contribution in [2.75, 3.05) is 6.61 Å². The fraction of sp³-hybridized carbons (Fsp3) is 0.895. The van der Waals surface area contributed by atoms with Gasteiger partial charge in [0.25, 0.3) is 0 Å². The molecule has 0 aromatic carbocycles. The highest BCUT2D eigenvalue weighted by molar-refractivity contribution is 5.69. The van der Waals surface area contributed by atoms with Crippen LogP contribution in [-0.4, -0.2) is 24.6 Å². The van der Waals surface area contributed by atoms with Crippen molar-refractivity contribution in [1.29, 1.82) is 0 Å². The molecule has 0 aromatic rings. The molecule has 0 rings (SSSR count). The first-order chi connectivity index (χ1) is 11.0. The van der Waals surface area contributed by atoms with E-state index in [1.54, 1.807) is 0 Å². The molecule has 23 heavy (non-hydrogen) atoms. The lowest BCUT2D eigenvalue weighted by Crippen LogP contribution is -2.22. The van der Waals surface area contributed by atoms with Crippen LogP contribution in [0.1, 0.15) is 91.9 Å². The fourth-order valence-electron chi connectivity index (χ4n) is 2.45. The summed E-state index contributed by atoms with van der Waals surface area (Å²) in [6.45, 7) is 8.74. The zero-order valence-electron chi connectivity index (χ0n) is 15.6. The molecular formula is C19H36O4. The number of unbranched alkanes of at least 4 members (excludes halogenated alkanes) is 5. The SMILES string of the molecule is CCCOC(=O)CCCCCCCCC(=O)OC(CC)C(C)C. The monoisotopic (exact) mass is 328 g/mol. The molecule has 0 saturated carbocycles. The third-order valence-electron chi connectivity index (χ3n) is 3.91. The smallest absolute Gasteiger partial charge is 0.306 e. The van der Waals surface area contributed by atoms with Crippen LogP contribution in [0.25, 0.3) is 0 Å². The minimum atomic E-state index is -0.0785. The minimum Gasteiger partial charge on any atom is -0.466 e. The number of carbonyl (C=O) groups is 2. The number of ether oxygens (including phenoxy) is 2. The molecule has 0 amide bonds. The summed E-state index contributed by atoms with van der Waals surface area (Å²) in [5.41, 5.74) is 0. The summed E-state index contributed by atoms with van der Waals surface area (Å²) in [7, 11) is 0. The summed E-state index contributed by atoms with van der Waals surface area (Å²) in [5.74, 6) is 0.238. The highest BCUT2D eigenvalue weighted by atomic mass is 16.5. The Bertz CT molecular complexity index is 312. The summed E-state index contributed by atoms with van der Waals surface area (Å²) in [5, 5.41) is 0. The van der Waals surface area contributed by atoms with Crippen LogP contribution in [0.4, 0.5) is 0 Å². The average molecular weight is 328 g/mol. The Kier molecular flexibility index (Phi) is 13.9. The molecular weight excluding hydrogens is 292 g/mol. The molecule has 1 unspecified atom stereocenters. The van der Waals surface area contributed by atoms with Gasteiger partial charge in [-0.05, 0) is 31.6 Å². The van der Waals surface area contributed by atoms with Crippen LogP contribution in [0.3, 0.4) is 0 Å². The van der Waals surface area contributed by atoms with Crippen molar-refractivity contribution in [3.63, 3.8) is 0 Å². The van der Waals surface area contributed by atoms with E-state index in [1.165, 1.54) is 0 Å². The highest BCUT2D eigenvalue weighted by Gasteiger charge is 2.15. The van der Waals surface area contributed by atoms with Gasteiger partial charge in [-0.3, -0.25) is 9.59 Å². The second kappa shape index (κ2) is 14.5. The lowest BCUT2D eigenvalue weighted by atomic mass is 10.1. The number of rotatable bonds is 14. The Morgan fingerprint density at radius 1 is 0.826 bits per heavy atom. The predicted octanol–water partition coefficient (Wildman–Crippen LogP) is 5.04. The zero-order valence-corrected chi connectivity index (χ0v) is 15.6. The van der Waals surface area contributed by atoms with E-state index in [-0.39, 0.29) is 18.0 Å². The van der Waals surface area contributed by atoms with Gasteiger partial charge >= 0.3 is 11.9 Å². The van der Waals surface area contributed by atoms with Gasteiger partial charge in [0.1, 0.15) is 6.10 Å². The van der Waals surface area contributed by atoms with Gasteiger partial charge < -0.3 is 9.47 Å². The van der Waals surface area contributed by atoms with Gasteiger partial charge in [0.15, 0.2) is 0 Å². The molecule has 0 heterocycles. The molecule has 0 aromatic heterocycles. The van der Waals surface area contributed by atoms with E-state index in [2.05, 4.69) is 20.8 Å². The normalized spacial score (nSPS) is 12.2. The lowest BCUT2D eigenvalue weighted by Gasteiger charge is -2.19. The van der Waals surface area contributed by atoms with Crippen molar-refractivity contribution in [1.82, 2.24) is 0 Å². The molecule has 0 spiro atoms. The minimum absolute atomic E-state index is 0.0509. The van der Waals surface area contributed by atoms with Crippen molar-refractivity contribution < 1.29 is 19.1 Å². The highest BCUT2D eigenvalue weighted by Crippen LogP contribution is 2.13. The van der Waals surface area contributed by atoms with E-state index < -0.39 is 0 Å². The number of hydrogen-bond acceptors (Lipinski definition) is 4. The van der Waals surface area contributed by atoms with Crippen LogP contribution in [0.2, 0.25) is 0 Å². The maximum Gasteiger partial charge on any atom is 0.306 e. The van der Waals surface area contributed by atoms with Gasteiger partial charge in [-0.25, -0.2) is 0 Å². The predicted molar refractivity (Wildman–Crippen MR) is 93.2 cm³/mol. The second-order valence-electron chi connectivity index (χ2n) is 6.52. The largest absolute Gasteiger partial charge is 0.466 e. The van der Waals surface area contributed by atoms with Crippen LogP contribution >= 0.6 is 0 Å². The van der Waals surface area contributed by atoms with Crippen molar-refractivity contribution in [3.8, 4) is 0 Å². The molecule has 4 heteroatoms.